The smallest absolute Gasteiger partial charge is 0.251 e. The SMILES string of the molecule is CN(C)c1ccc(C(=O)NCCN2CCC(O)(c3ccc(F)cc3)CC2)cc1. The number of anilines is 1. The lowest BCUT2D eigenvalue weighted by Crippen LogP contribution is -2.45. The van der Waals surface area contributed by atoms with Crippen LogP contribution in [0, 0.1) is 5.82 Å². The molecule has 0 atom stereocenters. The first-order chi connectivity index (χ1) is 13.4. The van der Waals surface area contributed by atoms with E-state index >= 15 is 0 Å². The number of piperidine rings is 1. The molecule has 1 amide bonds. The molecule has 0 aromatic heterocycles. The fourth-order valence-electron chi connectivity index (χ4n) is 3.54. The lowest BCUT2D eigenvalue weighted by molar-refractivity contribution is -0.0255. The summed E-state index contributed by atoms with van der Waals surface area (Å²) >= 11 is 0. The molecule has 28 heavy (non-hydrogen) atoms. The first-order valence-electron chi connectivity index (χ1n) is 9.64. The Labute approximate surface area is 165 Å². The summed E-state index contributed by atoms with van der Waals surface area (Å²) in [6.07, 6.45) is 1.19. The minimum absolute atomic E-state index is 0.0786. The number of halogens is 1. The van der Waals surface area contributed by atoms with Crippen LogP contribution in [0.1, 0.15) is 28.8 Å². The number of benzene rings is 2. The Morgan fingerprint density at radius 2 is 1.71 bits per heavy atom. The van der Waals surface area contributed by atoms with Gasteiger partial charge in [0.2, 0.25) is 0 Å². The van der Waals surface area contributed by atoms with Gasteiger partial charge < -0.3 is 20.2 Å². The van der Waals surface area contributed by atoms with E-state index in [1.165, 1.54) is 12.1 Å². The number of likely N-dealkylation sites (tertiary alicyclic amines) is 1. The summed E-state index contributed by atoms with van der Waals surface area (Å²) in [6.45, 7) is 2.77. The predicted molar refractivity (Wildman–Crippen MR) is 109 cm³/mol. The monoisotopic (exact) mass is 385 g/mol. The number of hydrogen-bond acceptors (Lipinski definition) is 4. The van der Waals surface area contributed by atoms with Gasteiger partial charge in [0, 0.05) is 51.5 Å². The highest BCUT2D eigenvalue weighted by atomic mass is 19.1. The molecule has 6 heteroatoms. The average molecular weight is 385 g/mol. The second-order valence-electron chi connectivity index (χ2n) is 7.58. The molecule has 2 N–H and O–H groups in total. The van der Waals surface area contributed by atoms with E-state index in [1.54, 1.807) is 12.1 Å². The van der Waals surface area contributed by atoms with Crippen molar-refractivity contribution in [2.24, 2.45) is 0 Å². The van der Waals surface area contributed by atoms with Gasteiger partial charge in [-0.25, -0.2) is 4.39 Å². The van der Waals surface area contributed by atoms with Gasteiger partial charge in [-0.05, 0) is 54.8 Å². The van der Waals surface area contributed by atoms with E-state index in [2.05, 4.69) is 10.2 Å². The van der Waals surface area contributed by atoms with Crippen LogP contribution in [0.2, 0.25) is 0 Å². The Kier molecular flexibility index (Phi) is 6.31. The predicted octanol–water partition coefficient (Wildman–Crippen LogP) is 2.61. The highest BCUT2D eigenvalue weighted by Gasteiger charge is 2.33. The Balaban J connectivity index is 1.44. The quantitative estimate of drug-likeness (QED) is 0.803. The van der Waals surface area contributed by atoms with Gasteiger partial charge in [-0.1, -0.05) is 12.1 Å². The normalized spacial score (nSPS) is 16.6. The Morgan fingerprint density at radius 3 is 2.29 bits per heavy atom. The first-order valence-corrected chi connectivity index (χ1v) is 9.64. The molecule has 0 bridgehead atoms. The van der Waals surface area contributed by atoms with Crippen LogP contribution in [-0.2, 0) is 5.60 Å². The van der Waals surface area contributed by atoms with Crippen molar-refractivity contribution < 1.29 is 14.3 Å². The fraction of sp³-hybridized carbons (Fsp3) is 0.409. The van der Waals surface area contributed by atoms with Crippen LogP contribution in [0.3, 0.4) is 0 Å². The third-order valence-electron chi connectivity index (χ3n) is 5.42. The van der Waals surface area contributed by atoms with Crippen molar-refractivity contribution in [3.8, 4) is 0 Å². The number of aliphatic hydroxyl groups is 1. The molecule has 150 valence electrons. The number of nitrogens with zero attached hydrogens (tertiary/aromatic N) is 2. The molecule has 0 aliphatic carbocycles. The molecule has 0 spiro atoms. The highest BCUT2D eigenvalue weighted by molar-refractivity contribution is 5.94. The maximum Gasteiger partial charge on any atom is 0.251 e. The molecule has 1 heterocycles. The van der Waals surface area contributed by atoms with Crippen LogP contribution >= 0.6 is 0 Å². The van der Waals surface area contributed by atoms with Crippen molar-refractivity contribution in [3.05, 3.63) is 65.5 Å². The standard InChI is InChI=1S/C22H28FN3O2/c1-25(2)20-9-3-17(4-10-20)21(27)24-13-16-26-14-11-22(28,12-15-26)18-5-7-19(23)8-6-18/h3-10,28H,11-16H2,1-2H3,(H,24,27). The van der Waals surface area contributed by atoms with Gasteiger partial charge in [0.25, 0.3) is 5.91 Å². The minimum Gasteiger partial charge on any atom is -0.385 e. The summed E-state index contributed by atoms with van der Waals surface area (Å²) in [4.78, 5) is 16.5. The Hall–Kier alpha value is -2.44. The van der Waals surface area contributed by atoms with Gasteiger partial charge in [-0.15, -0.1) is 0 Å². The van der Waals surface area contributed by atoms with Crippen molar-refractivity contribution in [1.82, 2.24) is 10.2 Å². The van der Waals surface area contributed by atoms with Crippen LogP contribution in [-0.4, -0.2) is 56.2 Å². The van der Waals surface area contributed by atoms with Crippen molar-refractivity contribution in [3.63, 3.8) is 0 Å². The third kappa shape index (κ3) is 4.88. The molecular weight excluding hydrogens is 357 g/mol. The van der Waals surface area contributed by atoms with Gasteiger partial charge in [-0.2, -0.15) is 0 Å². The molecule has 2 aromatic rings. The van der Waals surface area contributed by atoms with Gasteiger partial charge in [0.15, 0.2) is 0 Å². The molecule has 0 radical (unpaired) electrons. The number of carbonyl (C=O) groups excluding carboxylic acids is 1. The van der Waals surface area contributed by atoms with E-state index in [9.17, 15) is 14.3 Å². The van der Waals surface area contributed by atoms with E-state index in [-0.39, 0.29) is 11.7 Å². The number of rotatable bonds is 6. The molecule has 0 unspecified atom stereocenters. The van der Waals surface area contributed by atoms with E-state index in [0.29, 0.717) is 24.9 Å². The van der Waals surface area contributed by atoms with Crippen LogP contribution in [0.15, 0.2) is 48.5 Å². The van der Waals surface area contributed by atoms with Gasteiger partial charge in [-0.3, -0.25) is 4.79 Å². The molecule has 0 saturated carbocycles. The van der Waals surface area contributed by atoms with Crippen molar-refractivity contribution in [2.45, 2.75) is 18.4 Å². The largest absolute Gasteiger partial charge is 0.385 e. The molecule has 1 aliphatic rings. The number of hydrogen-bond donors (Lipinski definition) is 2. The van der Waals surface area contributed by atoms with E-state index in [1.807, 2.05) is 43.3 Å². The maximum atomic E-state index is 13.1. The van der Waals surface area contributed by atoms with Crippen LogP contribution in [0.5, 0.6) is 0 Å². The van der Waals surface area contributed by atoms with E-state index in [4.69, 9.17) is 0 Å². The molecule has 3 rings (SSSR count). The van der Waals surface area contributed by atoms with Crippen LogP contribution in [0.4, 0.5) is 10.1 Å². The van der Waals surface area contributed by atoms with Gasteiger partial charge in [0.05, 0.1) is 5.60 Å². The molecule has 1 aliphatic heterocycles. The number of carbonyl (C=O) groups is 1. The molecule has 1 fully saturated rings. The topological polar surface area (TPSA) is 55.8 Å². The average Bonchev–Trinajstić information content (AvgIpc) is 2.70. The number of nitrogens with one attached hydrogen (secondary N) is 1. The maximum absolute atomic E-state index is 13.1. The van der Waals surface area contributed by atoms with Crippen LogP contribution in [0.25, 0.3) is 0 Å². The third-order valence-corrected chi connectivity index (χ3v) is 5.42. The highest BCUT2D eigenvalue weighted by Crippen LogP contribution is 2.32. The summed E-state index contributed by atoms with van der Waals surface area (Å²) in [6, 6.07) is 13.6. The molecule has 1 saturated heterocycles. The van der Waals surface area contributed by atoms with Crippen molar-refractivity contribution in [2.75, 3.05) is 45.2 Å². The van der Waals surface area contributed by atoms with Gasteiger partial charge >= 0.3 is 0 Å². The number of amides is 1. The summed E-state index contributed by atoms with van der Waals surface area (Å²) in [7, 11) is 3.93. The minimum atomic E-state index is -0.901. The Bertz CT molecular complexity index is 782. The molecule has 2 aromatic carbocycles. The molecule has 5 nitrogen and oxygen atoms in total. The van der Waals surface area contributed by atoms with Crippen molar-refractivity contribution >= 4 is 11.6 Å². The first kappa shape index (κ1) is 20.3. The summed E-state index contributed by atoms with van der Waals surface area (Å²) in [5, 5.41) is 13.8. The molecular formula is C22H28FN3O2. The zero-order chi connectivity index (χ0) is 20.1. The van der Waals surface area contributed by atoms with Crippen molar-refractivity contribution in [1.29, 1.82) is 0 Å². The summed E-state index contributed by atoms with van der Waals surface area (Å²) in [5.41, 5.74) is 1.57. The second kappa shape index (κ2) is 8.71. The zero-order valence-electron chi connectivity index (χ0n) is 16.5. The van der Waals surface area contributed by atoms with Gasteiger partial charge in [0.1, 0.15) is 5.82 Å². The lowest BCUT2D eigenvalue weighted by atomic mass is 9.84. The zero-order valence-corrected chi connectivity index (χ0v) is 16.5. The second-order valence-corrected chi connectivity index (χ2v) is 7.58. The lowest BCUT2D eigenvalue weighted by Gasteiger charge is -2.38. The Morgan fingerprint density at radius 1 is 1.11 bits per heavy atom. The summed E-state index contributed by atoms with van der Waals surface area (Å²) < 4.78 is 13.1. The van der Waals surface area contributed by atoms with E-state index < -0.39 is 5.60 Å². The summed E-state index contributed by atoms with van der Waals surface area (Å²) in [5.74, 6) is -0.373. The fourth-order valence-corrected chi connectivity index (χ4v) is 3.54. The van der Waals surface area contributed by atoms with Crippen LogP contribution < -0.4 is 10.2 Å². The van der Waals surface area contributed by atoms with E-state index in [0.717, 1.165) is 30.9 Å².